The van der Waals surface area contributed by atoms with E-state index in [1.165, 1.54) is 12.1 Å². The minimum Gasteiger partial charge on any atom is -0.507 e. The zero-order valence-corrected chi connectivity index (χ0v) is 20.3. The number of ketones is 2. The third kappa shape index (κ3) is 2.73. The van der Waals surface area contributed by atoms with Gasteiger partial charge in [-0.25, -0.2) is 9.59 Å². The fourth-order valence-electron chi connectivity index (χ4n) is 5.51. The molecule has 4 atom stereocenters. The minimum absolute atomic E-state index is 0.110. The molecule has 1 saturated heterocycles. The molecular weight excluding hydrogens is 536 g/mol. The SMILES string of the molecule is COC(=O)c1cc2cc3c(c(O)c2c(=O)o1)O[C@]1(Oc2c(O)c4c(c(O)c2[C@H]1O)C(=O)C=C(OC)C4=O)[C@H]1O[C@@H]31. The average molecular weight is 552 g/mol. The lowest BCUT2D eigenvalue weighted by molar-refractivity contribution is -0.185. The summed E-state index contributed by atoms with van der Waals surface area (Å²) in [6, 6.07) is 2.61. The Morgan fingerprint density at radius 3 is 2.40 bits per heavy atom. The van der Waals surface area contributed by atoms with Crippen molar-refractivity contribution in [3.8, 4) is 28.7 Å². The molecule has 0 bridgehead atoms. The van der Waals surface area contributed by atoms with Crippen LogP contribution in [-0.2, 0) is 14.2 Å². The van der Waals surface area contributed by atoms with E-state index >= 15 is 0 Å². The van der Waals surface area contributed by atoms with Crippen molar-refractivity contribution in [1.29, 1.82) is 0 Å². The molecule has 204 valence electrons. The van der Waals surface area contributed by atoms with E-state index in [-0.39, 0.29) is 27.8 Å². The van der Waals surface area contributed by atoms with E-state index in [9.17, 15) is 39.6 Å². The van der Waals surface area contributed by atoms with Gasteiger partial charge in [-0.1, -0.05) is 0 Å². The topological polar surface area (TPSA) is 212 Å². The molecular formula is C26H16O14. The number of aliphatic hydroxyl groups is 1. The largest absolute Gasteiger partial charge is 0.507 e. The molecule has 1 fully saturated rings. The fraction of sp³-hybridized carbons (Fsp3) is 0.231. The van der Waals surface area contributed by atoms with E-state index in [0.29, 0.717) is 0 Å². The number of aromatic hydroxyl groups is 3. The Kier molecular flexibility index (Phi) is 4.51. The number of Topliss-reactive ketones (excluding diaryl/α,β-unsaturated/α-hetero) is 1. The Hall–Kier alpha value is -5.08. The van der Waals surface area contributed by atoms with Crippen LogP contribution in [-0.4, -0.2) is 64.1 Å². The van der Waals surface area contributed by atoms with E-state index in [1.807, 2.05) is 0 Å². The van der Waals surface area contributed by atoms with Crippen LogP contribution in [0.4, 0.5) is 0 Å². The molecule has 0 saturated carbocycles. The molecule has 7 rings (SSSR count). The van der Waals surface area contributed by atoms with Crippen LogP contribution in [0.1, 0.15) is 54.6 Å². The molecule has 4 aliphatic rings. The van der Waals surface area contributed by atoms with Gasteiger partial charge in [0.25, 0.3) is 0 Å². The van der Waals surface area contributed by atoms with E-state index < -0.39 is 92.7 Å². The number of ether oxygens (including phenoxy) is 5. The second-order valence-corrected chi connectivity index (χ2v) is 9.40. The summed E-state index contributed by atoms with van der Waals surface area (Å²) in [5.41, 5.74) is -2.47. The first-order valence-corrected chi connectivity index (χ1v) is 11.6. The molecule has 14 heteroatoms. The number of hydrogen-bond donors (Lipinski definition) is 4. The molecule has 1 aromatic heterocycles. The molecule has 14 nitrogen and oxygen atoms in total. The molecule has 1 aliphatic carbocycles. The van der Waals surface area contributed by atoms with E-state index in [1.54, 1.807) is 0 Å². The highest BCUT2D eigenvalue weighted by atomic mass is 16.8. The van der Waals surface area contributed by atoms with Gasteiger partial charge in [-0.05, 0) is 17.5 Å². The first kappa shape index (κ1) is 24.0. The quantitative estimate of drug-likeness (QED) is 0.200. The maximum Gasteiger partial charge on any atom is 0.374 e. The second-order valence-electron chi connectivity index (χ2n) is 9.40. The number of phenols is 3. The van der Waals surface area contributed by atoms with Gasteiger partial charge in [0.1, 0.15) is 17.2 Å². The highest BCUT2D eigenvalue weighted by molar-refractivity contribution is 6.26. The summed E-state index contributed by atoms with van der Waals surface area (Å²) in [5, 5.41) is 44.2. The van der Waals surface area contributed by atoms with Gasteiger partial charge in [-0.15, -0.1) is 0 Å². The second kappa shape index (κ2) is 7.52. The Bertz CT molecular complexity index is 1850. The Morgan fingerprint density at radius 1 is 0.975 bits per heavy atom. The zero-order chi connectivity index (χ0) is 28.4. The van der Waals surface area contributed by atoms with Crippen LogP contribution < -0.4 is 15.1 Å². The van der Waals surface area contributed by atoms with Crippen molar-refractivity contribution in [2.75, 3.05) is 14.2 Å². The van der Waals surface area contributed by atoms with Gasteiger partial charge in [0.2, 0.25) is 11.5 Å². The molecule has 0 amide bonds. The number of hydrogen-bond acceptors (Lipinski definition) is 14. The molecule has 0 radical (unpaired) electrons. The van der Waals surface area contributed by atoms with Crippen molar-refractivity contribution in [1.82, 2.24) is 0 Å². The van der Waals surface area contributed by atoms with Crippen molar-refractivity contribution >= 4 is 28.3 Å². The van der Waals surface area contributed by atoms with Crippen LogP contribution in [0.2, 0.25) is 0 Å². The van der Waals surface area contributed by atoms with Crippen molar-refractivity contribution in [2.24, 2.45) is 0 Å². The summed E-state index contributed by atoms with van der Waals surface area (Å²) in [7, 11) is 2.24. The van der Waals surface area contributed by atoms with Crippen molar-refractivity contribution in [3.05, 3.63) is 62.4 Å². The number of esters is 1. The van der Waals surface area contributed by atoms with Crippen molar-refractivity contribution < 1.29 is 62.9 Å². The molecule has 3 aliphatic heterocycles. The standard InChI is InChI=1S/C26H16O14/c1-35-9-5-8(27)12-13(15(9)28)18(31)21-14(16(12)29)22(32)26(40-21)23-20(38-23)7-3-6-4-10(24(33)36-2)37-25(34)11(6)17(30)19(7)39-26/h3-5,20,22-23,29-32H,1-2H3/t20-,22+,23-,26+/m0/s1. The average Bonchev–Trinajstić information content (AvgIpc) is 3.69. The predicted octanol–water partition coefficient (Wildman–Crippen LogP) is 1.26. The predicted molar refractivity (Wildman–Crippen MR) is 126 cm³/mol. The number of epoxide rings is 1. The number of rotatable bonds is 2. The maximum atomic E-state index is 12.8. The van der Waals surface area contributed by atoms with Gasteiger partial charge in [0, 0.05) is 11.6 Å². The number of fused-ring (bicyclic) bond motifs is 7. The molecule has 0 unspecified atom stereocenters. The number of carbonyl (C=O) groups is 3. The Morgan fingerprint density at radius 2 is 1.70 bits per heavy atom. The summed E-state index contributed by atoms with van der Waals surface area (Å²) in [4.78, 5) is 50.1. The highest BCUT2D eigenvalue weighted by Crippen LogP contribution is 2.65. The third-order valence-electron chi connectivity index (χ3n) is 7.38. The Labute approximate surface area is 221 Å². The van der Waals surface area contributed by atoms with Crippen molar-refractivity contribution in [3.63, 3.8) is 0 Å². The van der Waals surface area contributed by atoms with Gasteiger partial charge in [-0.3, -0.25) is 9.59 Å². The lowest BCUT2D eigenvalue weighted by atomic mass is 9.86. The number of allylic oxidation sites excluding steroid dienone is 2. The summed E-state index contributed by atoms with van der Waals surface area (Å²) >= 11 is 0. The summed E-state index contributed by atoms with van der Waals surface area (Å²) < 4.78 is 31.9. The van der Waals surface area contributed by atoms with Crippen LogP contribution in [0.15, 0.2) is 33.2 Å². The number of methoxy groups -OCH3 is 2. The monoisotopic (exact) mass is 552 g/mol. The van der Waals surface area contributed by atoms with Crippen LogP contribution in [0.25, 0.3) is 10.8 Å². The van der Waals surface area contributed by atoms with Gasteiger partial charge in [0.05, 0.1) is 30.9 Å². The molecule has 1 spiro atoms. The lowest BCUT2D eigenvalue weighted by Crippen LogP contribution is -2.51. The van der Waals surface area contributed by atoms with E-state index in [2.05, 4.69) is 4.74 Å². The van der Waals surface area contributed by atoms with Crippen LogP contribution in [0, 0.1) is 0 Å². The normalized spacial score (nSPS) is 25.3. The van der Waals surface area contributed by atoms with Gasteiger partial charge >= 0.3 is 17.4 Å². The fourth-order valence-corrected chi connectivity index (χ4v) is 5.51. The lowest BCUT2D eigenvalue weighted by Gasteiger charge is -2.34. The van der Waals surface area contributed by atoms with Crippen LogP contribution >= 0.6 is 0 Å². The van der Waals surface area contributed by atoms with Gasteiger partial charge < -0.3 is 48.5 Å². The van der Waals surface area contributed by atoms with Gasteiger partial charge in [0.15, 0.2) is 46.7 Å². The molecule has 3 aromatic rings. The molecule has 4 heterocycles. The summed E-state index contributed by atoms with van der Waals surface area (Å²) in [5.74, 6) is -9.01. The molecule has 2 aromatic carbocycles. The number of carbonyl (C=O) groups excluding carboxylic acids is 3. The number of benzene rings is 2. The van der Waals surface area contributed by atoms with Crippen molar-refractivity contribution in [2.45, 2.75) is 24.1 Å². The summed E-state index contributed by atoms with van der Waals surface area (Å²) in [6.45, 7) is 0. The molecule has 4 N–H and O–H groups in total. The molecule has 40 heavy (non-hydrogen) atoms. The summed E-state index contributed by atoms with van der Waals surface area (Å²) in [6.07, 6.45) is -3.03. The van der Waals surface area contributed by atoms with E-state index in [0.717, 1.165) is 20.3 Å². The van der Waals surface area contributed by atoms with Crippen LogP contribution in [0.5, 0.6) is 28.7 Å². The first-order chi connectivity index (χ1) is 19.0. The van der Waals surface area contributed by atoms with Gasteiger partial charge in [-0.2, -0.15) is 0 Å². The first-order valence-electron chi connectivity index (χ1n) is 11.6. The maximum absolute atomic E-state index is 12.8. The zero-order valence-electron chi connectivity index (χ0n) is 20.3. The minimum atomic E-state index is -2.22. The van der Waals surface area contributed by atoms with E-state index in [4.69, 9.17) is 23.4 Å². The Balaban J connectivity index is 1.38. The number of aliphatic hydroxyl groups excluding tert-OH is 1. The smallest absolute Gasteiger partial charge is 0.374 e. The number of phenolic OH excluding ortho intramolecular Hbond substituents is 3. The third-order valence-corrected chi connectivity index (χ3v) is 7.38. The van der Waals surface area contributed by atoms with Crippen LogP contribution in [0.3, 0.4) is 0 Å². The highest BCUT2D eigenvalue weighted by Gasteiger charge is 2.71.